The zero-order valence-corrected chi connectivity index (χ0v) is 16.2. The Kier molecular flexibility index (Phi) is 4.20. The monoisotopic (exact) mass is 388 g/mol. The van der Waals surface area contributed by atoms with Gasteiger partial charge in [-0.15, -0.1) is 11.3 Å². The Labute approximate surface area is 166 Å². The van der Waals surface area contributed by atoms with E-state index in [1.807, 2.05) is 41.4 Å². The molecule has 2 N–H and O–H groups in total. The first-order valence-electron chi connectivity index (χ1n) is 9.48. The van der Waals surface area contributed by atoms with Crippen LogP contribution in [0.4, 0.5) is 11.4 Å². The van der Waals surface area contributed by atoms with Crippen molar-refractivity contribution in [3.05, 3.63) is 74.7 Å². The number of nitrogens with two attached hydrogens (primary N) is 1. The largest absolute Gasteiger partial charge is 0.397 e. The van der Waals surface area contributed by atoms with Crippen LogP contribution >= 0.6 is 11.3 Å². The molecule has 0 bridgehead atoms. The summed E-state index contributed by atoms with van der Waals surface area (Å²) in [6.07, 6.45) is 8.45. The highest BCUT2D eigenvalue weighted by Gasteiger charge is 2.27. The summed E-state index contributed by atoms with van der Waals surface area (Å²) in [4.78, 5) is 24.9. The second-order valence-electron chi connectivity index (χ2n) is 7.12. The van der Waals surface area contributed by atoms with E-state index >= 15 is 0 Å². The van der Waals surface area contributed by atoms with Gasteiger partial charge in [0.25, 0.3) is 5.91 Å². The van der Waals surface area contributed by atoms with Crippen molar-refractivity contribution in [3.63, 3.8) is 0 Å². The van der Waals surface area contributed by atoms with Crippen molar-refractivity contribution >= 4 is 34.7 Å². The van der Waals surface area contributed by atoms with Crippen LogP contribution in [0.3, 0.4) is 0 Å². The normalized spacial score (nSPS) is 17.9. The van der Waals surface area contributed by atoms with Gasteiger partial charge < -0.3 is 10.6 Å². The van der Waals surface area contributed by atoms with E-state index < -0.39 is 0 Å². The summed E-state index contributed by atoms with van der Waals surface area (Å²) in [6, 6.07) is 12.1. The molecule has 2 aliphatic rings. The summed E-state index contributed by atoms with van der Waals surface area (Å²) in [5, 5.41) is 0.902. The lowest BCUT2D eigenvalue weighted by molar-refractivity contribution is 0.0989. The van der Waals surface area contributed by atoms with Gasteiger partial charge in [-0.1, -0.05) is 30.3 Å². The maximum Gasteiger partial charge on any atom is 0.270 e. The van der Waals surface area contributed by atoms with Crippen molar-refractivity contribution in [2.24, 2.45) is 4.99 Å². The fraction of sp³-hybridized carbons (Fsp3) is 0.227. The number of aromatic nitrogens is 1. The summed E-state index contributed by atoms with van der Waals surface area (Å²) in [5.74, 6) is -0.0226. The number of nitrogens with zero attached hydrogens (tertiary/aromatic N) is 3. The van der Waals surface area contributed by atoms with Crippen LogP contribution in [0.2, 0.25) is 0 Å². The van der Waals surface area contributed by atoms with Crippen LogP contribution in [-0.2, 0) is 6.42 Å². The number of fused-ring (bicyclic) bond motifs is 2. The number of carbonyl (C=O) groups excluding carboxylic acids is 1. The first kappa shape index (κ1) is 17.1. The molecule has 2 aliphatic heterocycles. The number of rotatable bonds is 2. The first-order chi connectivity index (χ1) is 13.7. The lowest BCUT2D eigenvalue weighted by atomic mass is 10.0. The molecule has 1 atom stereocenters. The zero-order chi connectivity index (χ0) is 19.1. The lowest BCUT2D eigenvalue weighted by Crippen LogP contribution is -2.35. The van der Waals surface area contributed by atoms with Crippen LogP contribution in [0.1, 0.15) is 39.7 Å². The van der Waals surface area contributed by atoms with Crippen LogP contribution < -0.4 is 20.5 Å². The van der Waals surface area contributed by atoms with Gasteiger partial charge in [-0.3, -0.25) is 14.8 Å². The van der Waals surface area contributed by atoms with Crippen LogP contribution in [0.5, 0.6) is 0 Å². The lowest BCUT2D eigenvalue weighted by Gasteiger charge is -2.29. The zero-order valence-electron chi connectivity index (χ0n) is 15.3. The second kappa shape index (κ2) is 6.87. The summed E-state index contributed by atoms with van der Waals surface area (Å²) in [6.45, 7) is 0.719. The molecule has 5 nitrogen and oxygen atoms in total. The SMILES string of the molecule is Nc1c(C(=O)N2CCCc3ccccc32)sc2c1=CC[C@@H](c1cccnc1)N=2. The highest BCUT2D eigenvalue weighted by Crippen LogP contribution is 2.30. The van der Waals surface area contributed by atoms with E-state index in [-0.39, 0.29) is 11.9 Å². The minimum absolute atomic E-state index is 0.0226. The van der Waals surface area contributed by atoms with E-state index in [2.05, 4.69) is 17.1 Å². The van der Waals surface area contributed by atoms with Crippen molar-refractivity contribution in [2.75, 3.05) is 17.2 Å². The molecule has 1 aromatic carbocycles. The van der Waals surface area contributed by atoms with Gasteiger partial charge in [-0.05, 0) is 42.5 Å². The molecule has 0 fully saturated rings. The maximum absolute atomic E-state index is 13.3. The number of hydrogen-bond donors (Lipinski definition) is 1. The van der Waals surface area contributed by atoms with Crippen LogP contribution in [0.25, 0.3) is 6.08 Å². The molecule has 5 rings (SSSR count). The van der Waals surface area contributed by atoms with Crippen molar-refractivity contribution in [2.45, 2.75) is 25.3 Å². The summed E-state index contributed by atoms with van der Waals surface area (Å²) < 4.78 is 0.839. The van der Waals surface area contributed by atoms with Crippen LogP contribution in [-0.4, -0.2) is 17.4 Å². The smallest absolute Gasteiger partial charge is 0.270 e. The van der Waals surface area contributed by atoms with Crippen LogP contribution in [0, 0.1) is 0 Å². The molecule has 4 heterocycles. The van der Waals surface area contributed by atoms with E-state index in [0.29, 0.717) is 10.6 Å². The molecule has 0 aliphatic carbocycles. The molecule has 2 aromatic heterocycles. The molecule has 28 heavy (non-hydrogen) atoms. The molecular formula is C22H20N4OS. The molecule has 0 unspecified atom stereocenters. The average Bonchev–Trinajstić information content (AvgIpc) is 3.09. The standard InChI is InChI=1S/C22H20N4OS/c23-19-16-9-10-17(15-6-3-11-24-13-15)25-21(16)28-20(19)22(27)26-12-4-7-14-5-1-2-8-18(14)26/h1-3,5-6,8-9,11,13,17H,4,7,10,12,23H2/t17-/m0/s1. The number of amides is 1. The van der Waals surface area contributed by atoms with E-state index in [1.54, 1.807) is 6.20 Å². The third-order valence-electron chi connectivity index (χ3n) is 5.40. The maximum atomic E-state index is 13.3. The fourth-order valence-electron chi connectivity index (χ4n) is 3.97. The van der Waals surface area contributed by atoms with E-state index in [9.17, 15) is 4.79 Å². The fourth-order valence-corrected chi connectivity index (χ4v) is 5.06. The number of aryl methyl sites for hydroxylation is 1. The molecule has 0 saturated carbocycles. The topological polar surface area (TPSA) is 71.6 Å². The average molecular weight is 388 g/mol. The molecule has 140 valence electrons. The third kappa shape index (κ3) is 2.81. The summed E-state index contributed by atoms with van der Waals surface area (Å²) >= 11 is 1.40. The highest BCUT2D eigenvalue weighted by atomic mass is 32.1. The van der Waals surface area contributed by atoms with E-state index in [4.69, 9.17) is 10.7 Å². The van der Waals surface area contributed by atoms with E-state index in [1.165, 1.54) is 16.9 Å². The predicted molar refractivity (Wildman–Crippen MR) is 112 cm³/mol. The van der Waals surface area contributed by atoms with Gasteiger partial charge in [0.2, 0.25) is 0 Å². The highest BCUT2D eigenvalue weighted by molar-refractivity contribution is 7.12. The molecule has 0 spiro atoms. The van der Waals surface area contributed by atoms with Gasteiger partial charge in [-0.2, -0.15) is 0 Å². The molecule has 6 heteroatoms. The van der Waals surface area contributed by atoms with Crippen molar-refractivity contribution in [1.29, 1.82) is 0 Å². The number of carbonyl (C=O) groups is 1. The number of benzene rings is 1. The van der Waals surface area contributed by atoms with Gasteiger partial charge in [0.1, 0.15) is 9.55 Å². The second-order valence-corrected chi connectivity index (χ2v) is 8.12. The van der Waals surface area contributed by atoms with Crippen molar-refractivity contribution < 1.29 is 4.79 Å². The van der Waals surface area contributed by atoms with E-state index in [0.717, 1.165) is 46.9 Å². The molecule has 0 saturated heterocycles. The summed E-state index contributed by atoms with van der Waals surface area (Å²) in [5.41, 5.74) is 10.2. The Morgan fingerprint density at radius 3 is 2.96 bits per heavy atom. The Balaban J connectivity index is 1.54. The molecular weight excluding hydrogens is 368 g/mol. The Morgan fingerprint density at radius 1 is 1.21 bits per heavy atom. The molecule has 1 amide bonds. The Hall–Kier alpha value is -2.99. The summed E-state index contributed by atoms with van der Waals surface area (Å²) in [7, 11) is 0. The van der Waals surface area contributed by atoms with Gasteiger partial charge in [0.05, 0.1) is 11.7 Å². The van der Waals surface area contributed by atoms with Gasteiger partial charge in [0, 0.05) is 29.8 Å². The Bertz CT molecular complexity index is 1170. The predicted octanol–water partition coefficient (Wildman–Crippen LogP) is 2.86. The minimum atomic E-state index is -0.0226. The van der Waals surface area contributed by atoms with Crippen LogP contribution in [0.15, 0.2) is 53.8 Å². The van der Waals surface area contributed by atoms with Crippen molar-refractivity contribution in [1.82, 2.24) is 4.98 Å². The Morgan fingerprint density at radius 2 is 2.11 bits per heavy atom. The third-order valence-corrected chi connectivity index (χ3v) is 6.52. The quantitative estimate of drug-likeness (QED) is 0.734. The number of nitrogen functional groups attached to an aromatic ring is 1. The minimum Gasteiger partial charge on any atom is -0.397 e. The number of pyridine rings is 1. The van der Waals surface area contributed by atoms with Gasteiger partial charge in [0.15, 0.2) is 0 Å². The van der Waals surface area contributed by atoms with Gasteiger partial charge in [-0.25, -0.2) is 0 Å². The molecule has 0 radical (unpaired) electrons. The first-order valence-corrected chi connectivity index (χ1v) is 10.3. The number of para-hydroxylation sites is 1. The van der Waals surface area contributed by atoms with Gasteiger partial charge >= 0.3 is 0 Å². The number of hydrogen-bond acceptors (Lipinski definition) is 5. The van der Waals surface area contributed by atoms with Crippen molar-refractivity contribution in [3.8, 4) is 0 Å². The number of anilines is 2. The molecule has 3 aromatic rings. The number of thiophene rings is 1.